The Kier molecular flexibility index (Phi) is 6.57. The average Bonchev–Trinajstić information content (AvgIpc) is 2.57. The Labute approximate surface area is 152 Å². The molecule has 0 fully saturated rings. The minimum Gasteiger partial charge on any atom is -0.491 e. The number of nitriles is 1. The van der Waals surface area contributed by atoms with Crippen LogP contribution in [0.2, 0.25) is 10.0 Å². The second kappa shape index (κ2) is 8.65. The second-order valence-electron chi connectivity index (χ2n) is 4.95. The molecule has 0 heterocycles. The van der Waals surface area contributed by atoms with Gasteiger partial charge in [-0.2, -0.15) is 5.26 Å². The number of benzene rings is 2. The normalized spacial score (nSPS) is 11.5. The number of hydrogen-bond acceptors (Lipinski definition) is 3. The monoisotopic (exact) mass is 384 g/mol. The molecule has 2 aromatic rings. The fraction of sp³-hybridized carbons (Fsp3) is 0.176. The third kappa shape index (κ3) is 5.05. The third-order valence-corrected chi connectivity index (χ3v) is 4.01. The summed E-state index contributed by atoms with van der Waals surface area (Å²) >= 11 is 11.8. The lowest BCUT2D eigenvalue weighted by Gasteiger charge is -2.13. The summed E-state index contributed by atoms with van der Waals surface area (Å²) in [6, 6.07) is 8.14. The van der Waals surface area contributed by atoms with Crippen LogP contribution in [0.5, 0.6) is 5.75 Å². The predicted molar refractivity (Wildman–Crippen MR) is 89.4 cm³/mol. The van der Waals surface area contributed by atoms with Crippen molar-refractivity contribution < 1.29 is 18.3 Å². The van der Waals surface area contributed by atoms with Crippen LogP contribution in [0.3, 0.4) is 0 Å². The van der Waals surface area contributed by atoms with E-state index >= 15 is 0 Å². The summed E-state index contributed by atoms with van der Waals surface area (Å²) < 4.78 is 32.0. The highest BCUT2D eigenvalue weighted by molar-refractivity contribution is 6.42. The number of halogens is 4. The fourth-order valence-corrected chi connectivity index (χ4v) is 2.34. The number of ether oxygens (including phenoxy) is 1. The van der Waals surface area contributed by atoms with Gasteiger partial charge in [-0.15, -0.1) is 0 Å². The third-order valence-electron chi connectivity index (χ3n) is 3.21. The molecule has 0 aliphatic heterocycles. The number of rotatable bonds is 6. The lowest BCUT2D eigenvalue weighted by molar-refractivity contribution is -0.122. The van der Waals surface area contributed by atoms with E-state index in [1.165, 1.54) is 0 Å². The van der Waals surface area contributed by atoms with Gasteiger partial charge in [-0.1, -0.05) is 35.3 Å². The summed E-state index contributed by atoms with van der Waals surface area (Å²) in [5, 5.41) is 12.0. The molecule has 4 nitrogen and oxygen atoms in total. The molecule has 1 unspecified atom stereocenters. The second-order valence-corrected chi connectivity index (χ2v) is 5.73. The minimum atomic E-state index is -1.23. The molecule has 0 saturated carbocycles. The quantitative estimate of drug-likeness (QED) is 0.801. The van der Waals surface area contributed by atoms with Crippen LogP contribution in [0.25, 0.3) is 0 Å². The van der Waals surface area contributed by atoms with Crippen LogP contribution >= 0.6 is 23.2 Å². The zero-order valence-corrected chi connectivity index (χ0v) is 14.2. The molecule has 25 heavy (non-hydrogen) atoms. The number of amides is 1. The summed E-state index contributed by atoms with van der Waals surface area (Å²) in [4.78, 5) is 11.9. The van der Waals surface area contributed by atoms with Crippen molar-refractivity contribution in [3.8, 4) is 11.8 Å². The van der Waals surface area contributed by atoms with Gasteiger partial charge >= 0.3 is 0 Å². The summed E-state index contributed by atoms with van der Waals surface area (Å²) in [6.45, 7) is -0.0179. The van der Waals surface area contributed by atoms with Gasteiger partial charge < -0.3 is 10.1 Å². The average molecular weight is 385 g/mol. The zero-order chi connectivity index (χ0) is 18.4. The van der Waals surface area contributed by atoms with Crippen LogP contribution in [0.15, 0.2) is 36.4 Å². The van der Waals surface area contributed by atoms with Crippen LogP contribution in [-0.4, -0.2) is 12.5 Å². The van der Waals surface area contributed by atoms with Gasteiger partial charge in [0.2, 0.25) is 5.91 Å². The minimum absolute atomic E-state index is 0.0179. The van der Waals surface area contributed by atoms with Gasteiger partial charge in [0.05, 0.1) is 24.1 Å². The van der Waals surface area contributed by atoms with Crippen LogP contribution in [-0.2, 0) is 4.79 Å². The lowest BCUT2D eigenvalue weighted by Crippen LogP contribution is -2.29. The molecule has 2 rings (SSSR count). The molecule has 0 radical (unpaired) electrons. The van der Waals surface area contributed by atoms with E-state index in [2.05, 4.69) is 5.32 Å². The molecular weight excluding hydrogens is 373 g/mol. The molecule has 8 heteroatoms. The molecular formula is C17H12Cl2F2N2O2. The maximum Gasteiger partial charge on any atom is 0.224 e. The molecule has 0 aliphatic rings. The highest BCUT2D eigenvalue weighted by atomic mass is 35.5. The Hall–Kier alpha value is -2.36. The first-order chi connectivity index (χ1) is 11.9. The van der Waals surface area contributed by atoms with Crippen molar-refractivity contribution in [2.45, 2.75) is 12.5 Å². The van der Waals surface area contributed by atoms with Gasteiger partial charge in [-0.05, 0) is 18.2 Å². The molecule has 130 valence electrons. The van der Waals surface area contributed by atoms with Crippen LogP contribution in [0, 0.1) is 23.0 Å². The van der Waals surface area contributed by atoms with Crippen LogP contribution < -0.4 is 10.1 Å². The molecule has 0 aromatic heterocycles. The SMILES string of the molecule is N#CC(NC(=O)CCOc1cccc(Cl)c1Cl)c1ccc(F)cc1F. The van der Waals surface area contributed by atoms with Gasteiger partial charge in [-0.25, -0.2) is 8.78 Å². The number of hydrogen-bond donors (Lipinski definition) is 1. The highest BCUT2D eigenvalue weighted by Crippen LogP contribution is 2.31. The first-order valence-corrected chi connectivity index (χ1v) is 7.88. The van der Waals surface area contributed by atoms with Crippen molar-refractivity contribution in [1.29, 1.82) is 5.26 Å². The summed E-state index contributed by atoms with van der Waals surface area (Å²) in [5.74, 6) is -1.89. The van der Waals surface area contributed by atoms with E-state index in [0.29, 0.717) is 16.8 Å². The fourth-order valence-electron chi connectivity index (χ4n) is 2.00. The van der Waals surface area contributed by atoms with Gasteiger partial charge in [0.1, 0.15) is 28.4 Å². The number of carbonyl (C=O) groups is 1. The summed E-state index contributed by atoms with van der Waals surface area (Å²) in [6.07, 6.45) is -0.0934. The molecule has 0 aliphatic carbocycles. The Balaban J connectivity index is 1.92. The van der Waals surface area contributed by atoms with E-state index in [1.54, 1.807) is 24.3 Å². The Morgan fingerprint density at radius 1 is 1.28 bits per heavy atom. The number of nitrogens with zero attached hydrogens (tertiary/aromatic N) is 1. The van der Waals surface area contributed by atoms with Crippen molar-refractivity contribution in [2.75, 3.05) is 6.61 Å². The van der Waals surface area contributed by atoms with Crippen molar-refractivity contribution in [3.63, 3.8) is 0 Å². The Morgan fingerprint density at radius 2 is 2.04 bits per heavy atom. The maximum absolute atomic E-state index is 13.7. The summed E-state index contributed by atoms with van der Waals surface area (Å²) in [5.41, 5.74) is -0.115. The van der Waals surface area contributed by atoms with Crippen molar-refractivity contribution in [1.82, 2.24) is 5.32 Å². The van der Waals surface area contributed by atoms with E-state index in [9.17, 15) is 13.6 Å². The van der Waals surface area contributed by atoms with Gasteiger partial charge in [0.15, 0.2) is 0 Å². The maximum atomic E-state index is 13.7. The topological polar surface area (TPSA) is 62.1 Å². The van der Waals surface area contributed by atoms with E-state index in [1.807, 2.05) is 0 Å². The van der Waals surface area contributed by atoms with Gasteiger partial charge in [0.25, 0.3) is 0 Å². The van der Waals surface area contributed by atoms with Crippen LogP contribution in [0.4, 0.5) is 8.78 Å². The smallest absolute Gasteiger partial charge is 0.224 e. The number of carbonyl (C=O) groups excluding carboxylic acids is 1. The van der Waals surface area contributed by atoms with Crippen LogP contribution in [0.1, 0.15) is 18.0 Å². The zero-order valence-electron chi connectivity index (χ0n) is 12.7. The largest absolute Gasteiger partial charge is 0.491 e. The first-order valence-electron chi connectivity index (χ1n) is 7.13. The van der Waals surface area contributed by atoms with E-state index in [4.69, 9.17) is 33.2 Å². The molecule has 1 amide bonds. The highest BCUT2D eigenvalue weighted by Gasteiger charge is 2.18. The molecule has 1 N–H and O–H groups in total. The molecule has 0 bridgehead atoms. The van der Waals surface area contributed by atoms with E-state index < -0.39 is 23.6 Å². The molecule has 1 atom stereocenters. The molecule has 0 saturated heterocycles. The first kappa shape index (κ1) is 19.0. The number of nitrogens with one attached hydrogen (secondary N) is 1. The van der Waals surface area contributed by atoms with Crippen molar-refractivity contribution >= 4 is 29.1 Å². The Morgan fingerprint density at radius 3 is 2.72 bits per heavy atom. The molecule has 2 aromatic carbocycles. The lowest BCUT2D eigenvalue weighted by atomic mass is 10.1. The Bertz CT molecular complexity index is 825. The van der Waals surface area contributed by atoms with Crippen molar-refractivity contribution in [3.05, 3.63) is 63.6 Å². The molecule has 0 spiro atoms. The van der Waals surface area contributed by atoms with Gasteiger partial charge in [-0.3, -0.25) is 4.79 Å². The van der Waals surface area contributed by atoms with Gasteiger partial charge in [0, 0.05) is 11.6 Å². The standard InChI is InChI=1S/C17H12Cl2F2N2O2/c18-12-2-1-3-15(17(12)19)25-7-6-16(24)23-14(9-22)11-5-4-10(20)8-13(11)21/h1-5,8,14H,6-7H2,(H,23,24). The predicted octanol–water partition coefficient (Wildman–Crippen LogP) is 4.42. The summed E-state index contributed by atoms with van der Waals surface area (Å²) in [7, 11) is 0. The van der Waals surface area contributed by atoms with E-state index in [-0.39, 0.29) is 23.6 Å². The van der Waals surface area contributed by atoms with Crippen molar-refractivity contribution in [2.24, 2.45) is 0 Å². The van der Waals surface area contributed by atoms with E-state index in [0.717, 1.165) is 12.1 Å².